The molecule has 2 unspecified atom stereocenters. The van der Waals surface area contributed by atoms with Crippen molar-refractivity contribution in [2.45, 2.75) is 12.1 Å². The van der Waals surface area contributed by atoms with E-state index in [4.69, 9.17) is 11.5 Å². The first kappa shape index (κ1) is 17.7. The molecule has 0 bridgehead atoms. The molecule has 0 aromatic rings. The molecule has 0 aromatic carbocycles. The number of hydrogen-bond donors (Lipinski definition) is 2. The van der Waals surface area contributed by atoms with Crippen LogP contribution in [0.3, 0.4) is 0 Å². The molecule has 13 heteroatoms. The third kappa shape index (κ3) is 5.58. The van der Waals surface area contributed by atoms with Gasteiger partial charge in [0.2, 0.25) is 0 Å². The van der Waals surface area contributed by atoms with Crippen LogP contribution in [-0.4, -0.2) is 42.6 Å². The zero-order valence-corrected chi connectivity index (χ0v) is 12.8. The molecular formula is C7H13N2O8PS2. The van der Waals surface area contributed by atoms with E-state index in [0.29, 0.717) is 0 Å². The molecule has 1 fully saturated rings. The number of nitrogens with two attached hydrogens (primary N) is 2. The molecule has 0 saturated carbocycles. The number of hydrogen-bond acceptors (Lipinski definition) is 12. The second-order valence-corrected chi connectivity index (χ2v) is 7.48. The fraction of sp³-hybridized carbons (Fsp3) is 0.714. The molecule has 10 nitrogen and oxygen atoms in total. The molecule has 0 radical (unpaired) electrons. The van der Waals surface area contributed by atoms with Crippen LogP contribution in [0.15, 0.2) is 0 Å². The summed E-state index contributed by atoms with van der Waals surface area (Å²) in [6.45, 7) is 0. The van der Waals surface area contributed by atoms with Gasteiger partial charge in [-0.3, -0.25) is 14.3 Å². The predicted molar refractivity (Wildman–Crippen MR) is 69.8 cm³/mol. The Morgan fingerprint density at radius 2 is 1.50 bits per heavy atom. The van der Waals surface area contributed by atoms with Crippen molar-refractivity contribution in [1.29, 1.82) is 0 Å². The van der Waals surface area contributed by atoms with Gasteiger partial charge in [0, 0.05) is 18.6 Å². The first-order chi connectivity index (χ1) is 9.38. The molecule has 1 rings (SSSR count). The third-order valence-electron chi connectivity index (χ3n) is 1.83. The summed E-state index contributed by atoms with van der Waals surface area (Å²) in [5, 5.41) is 0. The third-order valence-corrected chi connectivity index (χ3v) is 5.26. The van der Waals surface area contributed by atoms with Gasteiger partial charge in [-0.2, -0.15) is 0 Å². The van der Waals surface area contributed by atoms with E-state index in [1.807, 2.05) is 0 Å². The lowest BCUT2D eigenvalue weighted by atomic mass is 10.4. The average Bonchev–Trinajstić information content (AvgIpc) is 2.45. The molecule has 1 aliphatic heterocycles. The van der Waals surface area contributed by atoms with Crippen molar-refractivity contribution >= 4 is 41.3 Å². The van der Waals surface area contributed by atoms with Crippen LogP contribution in [0.4, 0.5) is 0 Å². The second kappa shape index (κ2) is 8.20. The minimum absolute atomic E-state index is 0.173. The summed E-state index contributed by atoms with van der Waals surface area (Å²) in [5.41, 5.74) is 11.0. The molecule has 0 aromatic heterocycles. The van der Waals surface area contributed by atoms with Crippen LogP contribution < -0.4 is 11.5 Å². The van der Waals surface area contributed by atoms with Crippen molar-refractivity contribution in [2.75, 3.05) is 18.6 Å². The van der Waals surface area contributed by atoms with Gasteiger partial charge in [-0.15, -0.1) is 0 Å². The molecule has 4 N–H and O–H groups in total. The lowest BCUT2D eigenvalue weighted by molar-refractivity contribution is -0.262. The zero-order chi connectivity index (χ0) is 15.2. The molecule has 0 aliphatic carbocycles. The molecular weight excluding hydrogens is 335 g/mol. The maximum atomic E-state index is 11.7. The first-order valence-electron chi connectivity index (χ1n) is 5.09. The first-order valence-corrected chi connectivity index (χ1v) is 9.04. The highest BCUT2D eigenvalue weighted by atomic mass is 33.1. The lowest BCUT2D eigenvalue weighted by Crippen LogP contribution is -2.34. The van der Waals surface area contributed by atoms with E-state index >= 15 is 0 Å². The summed E-state index contributed by atoms with van der Waals surface area (Å²) in [7, 11) is -1.05. The predicted octanol–water partition coefficient (Wildman–Crippen LogP) is -0.260. The molecule has 20 heavy (non-hydrogen) atoms. The Hall–Kier alpha value is -0.330. The smallest absolute Gasteiger partial charge is 0.318 e. The van der Waals surface area contributed by atoms with E-state index in [-0.39, 0.29) is 11.5 Å². The van der Waals surface area contributed by atoms with Gasteiger partial charge in [0.25, 0.3) is 0 Å². The summed E-state index contributed by atoms with van der Waals surface area (Å²) in [4.78, 5) is 31.2. The summed E-state index contributed by atoms with van der Waals surface area (Å²) >= 11 is 0. The summed E-state index contributed by atoms with van der Waals surface area (Å²) in [6, 6.07) is -2.04. The number of carbonyl (C=O) groups is 2. The molecule has 1 aliphatic rings. The van der Waals surface area contributed by atoms with E-state index in [1.54, 1.807) is 0 Å². The van der Waals surface area contributed by atoms with Crippen molar-refractivity contribution in [3.63, 3.8) is 0 Å². The van der Waals surface area contributed by atoms with Gasteiger partial charge in [0.1, 0.15) is 12.1 Å². The topological polar surface area (TPSA) is 149 Å². The Bertz CT molecular complexity index is 378. The van der Waals surface area contributed by atoms with Crippen molar-refractivity contribution in [3.8, 4) is 0 Å². The van der Waals surface area contributed by atoms with E-state index in [0.717, 1.165) is 7.11 Å². The Morgan fingerprint density at radius 1 is 1.10 bits per heavy atom. The zero-order valence-electron chi connectivity index (χ0n) is 10.3. The van der Waals surface area contributed by atoms with E-state index in [2.05, 4.69) is 23.6 Å². The molecule has 2 atom stereocenters. The molecule has 0 amide bonds. The van der Waals surface area contributed by atoms with Gasteiger partial charge in [-0.05, 0) is 0 Å². The van der Waals surface area contributed by atoms with E-state index < -0.39 is 31.8 Å². The van der Waals surface area contributed by atoms with Gasteiger partial charge in [-0.25, -0.2) is 14.2 Å². The SMILES string of the molecule is COP1(=O)OOC(=O)C(N)CSSCC(N)C(=O)OO1. The quantitative estimate of drug-likeness (QED) is 0.365. The van der Waals surface area contributed by atoms with Crippen LogP contribution in [0.1, 0.15) is 0 Å². The van der Waals surface area contributed by atoms with Gasteiger partial charge >= 0.3 is 19.8 Å². The lowest BCUT2D eigenvalue weighted by Gasteiger charge is -2.13. The van der Waals surface area contributed by atoms with Gasteiger partial charge in [-0.1, -0.05) is 30.9 Å². The number of rotatable bonds is 1. The van der Waals surface area contributed by atoms with Crippen LogP contribution in [0.25, 0.3) is 0 Å². The fourth-order valence-corrected chi connectivity index (χ4v) is 3.43. The molecule has 0 spiro atoms. The van der Waals surface area contributed by atoms with Crippen LogP contribution in [0.2, 0.25) is 0 Å². The van der Waals surface area contributed by atoms with Crippen molar-refractivity contribution in [3.05, 3.63) is 0 Å². The van der Waals surface area contributed by atoms with E-state index in [1.165, 1.54) is 21.6 Å². The minimum atomic E-state index is -4.40. The Labute approximate surface area is 122 Å². The standard InChI is InChI=1S/C7H13N2O8PS2/c1-13-18(12)16-14-6(10)4(8)2-19-20-3-5(9)7(11)15-17-18/h4-5H,2-3,8-9H2,1H3. The van der Waals surface area contributed by atoms with Crippen LogP contribution in [-0.2, 0) is 37.8 Å². The summed E-state index contributed by atoms with van der Waals surface area (Å²) < 4.78 is 24.5. The normalized spacial score (nSPS) is 34.1. The largest absolute Gasteiger partial charge is 0.547 e. The fourth-order valence-electron chi connectivity index (χ4n) is 0.741. The van der Waals surface area contributed by atoms with Crippen molar-refractivity contribution in [1.82, 2.24) is 0 Å². The molecule has 1 heterocycles. The maximum Gasteiger partial charge on any atom is 0.547 e. The van der Waals surface area contributed by atoms with Gasteiger partial charge in [0.05, 0.1) is 0 Å². The Kier molecular flexibility index (Phi) is 7.26. The van der Waals surface area contributed by atoms with Crippen LogP contribution in [0, 0.1) is 0 Å². The maximum absolute atomic E-state index is 11.7. The van der Waals surface area contributed by atoms with Crippen LogP contribution in [0.5, 0.6) is 0 Å². The number of phosphoric acid groups is 1. The van der Waals surface area contributed by atoms with Crippen molar-refractivity contribution in [2.24, 2.45) is 11.5 Å². The molecule has 1 saturated heterocycles. The monoisotopic (exact) mass is 348 g/mol. The van der Waals surface area contributed by atoms with Crippen LogP contribution >= 0.6 is 29.4 Å². The summed E-state index contributed by atoms with van der Waals surface area (Å²) in [6.07, 6.45) is 0. The number of carbonyl (C=O) groups excluding carboxylic acids is 2. The highest BCUT2D eigenvalue weighted by Gasteiger charge is 2.34. The highest BCUT2D eigenvalue weighted by Crippen LogP contribution is 2.49. The Morgan fingerprint density at radius 3 is 1.85 bits per heavy atom. The summed E-state index contributed by atoms with van der Waals surface area (Å²) in [5.74, 6) is -1.61. The van der Waals surface area contributed by atoms with Crippen molar-refractivity contribution < 1.29 is 37.8 Å². The minimum Gasteiger partial charge on any atom is -0.318 e. The molecule has 116 valence electrons. The average molecular weight is 348 g/mol. The van der Waals surface area contributed by atoms with Gasteiger partial charge in [0.15, 0.2) is 0 Å². The Balaban J connectivity index is 2.76. The highest BCUT2D eigenvalue weighted by molar-refractivity contribution is 8.76. The second-order valence-electron chi connectivity index (χ2n) is 3.37. The van der Waals surface area contributed by atoms with Gasteiger partial charge < -0.3 is 11.5 Å². The van der Waals surface area contributed by atoms with E-state index in [9.17, 15) is 14.2 Å².